The Hall–Kier alpha value is -1.62. The largest absolute Gasteiger partial charge is 0.361 e. The molecule has 0 aliphatic carbocycles. The maximum absolute atomic E-state index is 12.5. The standard InChI is InChI=1S/C15H18N2O2S/c1-10-15(11(2)19-16-10)13-4-3-6-17(13)14(18)8-12-5-7-20-9-12/h5,7,9,13H,3-4,6,8H2,1-2H3. The summed E-state index contributed by atoms with van der Waals surface area (Å²) in [6.45, 7) is 4.71. The fraction of sp³-hybridized carbons (Fsp3) is 0.467. The fourth-order valence-electron chi connectivity index (χ4n) is 3.00. The second-order valence-electron chi connectivity index (χ2n) is 5.29. The number of carbonyl (C=O) groups excluding carboxylic acids is 1. The number of rotatable bonds is 3. The molecule has 1 amide bonds. The van der Waals surface area contributed by atoms with Crippen LogP contribution in [0.25, 0.3) is 0 Å². The van der Waals surface area contributed by atoms with E-state index in [0.29, 0.717) is 6.42 Å². The summed E-state index contributed by atoms with van der Waals surface area (Å²) in [5.41, 5.74) is 3.10. The summed E-state index contributed by atoms with van der Waals surface area (Å²) >= 11 is 1.63. The molecule has 3 heterocycles. The van der Waals surface area contributed by atoms with E-state index >= 15 is 0 Å². The third-order valence-corrected chi connectivity index (χ3v) is 4.66. The lowest BCUT2D eigenvalue weighted by Gasteiger charge is -2.24. The quantitative estimate of drug-likeness (QED) is 0.871. The number of likely N-dealkylation sites (tertiary alicyclic amines) is 1. The predicted octanol–water partition coefficient (Wildman–Crippen LogP) is 3.26. The highest BCUT2D eigenvalue weighted by Crippen LogP contribution is 2.35. The molecule has 1 atom stereocenters. The molecule has 1 aliphatic heterocycles. The molecule has 5 heteroatoms. The zero-order valence-corrected chi connectivity index (χ0v) is 12.6. The van der Waals surface area contributed by atoms with Gasteiger partial charge in [-0.1, -0.05) is 5.16 Å². The average Bonchev–Trinajstić information content (AvgIpc) is 3.11. The van der Waals surface area contributed by atoms with E-state index in [9.17, 15) is 4.79 Å². The predicted molar refractivity (Wildman–Crippen MR) is 77.7 cm³/mol. The van der Waals surface area contributed by atoms with Crippen LogP contribution < -0.4 is 0 Å². The summed E-state index contributed by atoms with van der Waals surface area (Å²) in [6.07, 6.45) is 2.53. The molecule has 2 aromatic heterocycles. The molecule has 0 saturated carbocycles. The van der Waals surface area contributed by atoms with Crippen LogP contribution in [0.15, 0.2) is 21.3 Å². The van der Waals surface area contributed by atoms with E-state index in [0.717, 1.165) is 42.0 Å². The average molecular weight is 290 g/mol. The number of hydrogen-bond acceptors (Lipinski definition) is 4. The van der Waals surface area contributed by atoms with Crippen molar-refractivity contribution in [2.75, 3.05) is 6.54 Å². The van der Waals surface area contributed by atoms with Gasteiger partial charge in [0.25, 0.3) is 0 Å². The molecule has 1 saturated heterocycles. The Morgan fingerprint density at radius 1 is 1.55 bits per heavy atom. The molecule has 106 valence electrons. The third kappa shape index (κ3) is 2.38. The van der Waals surface area contributed by atoms with Crippen molar-refractivity contribution in [1.82, 2.24) is 10.1 Å². The van der Waals surface area contributed by atoms with Crippen LogP contribution in [-0.2, 0) is 11.2 Å². The van der Waals surface area contributed by atoms with Crippen LogP contribution in [0.3, 0.4) is 0 Å². The molecule has 0 bridgehead atoms. The van der Waals surface area contributed by atoms with Crippen molar-refractivity contribution in [1.29, 1.82) is 0 Å². The second-order valence-corrected chi connectivity index (χ2v) is 6.07. The molecule has 0 radical (unpaired) electrons. The maximum Gasteiger partial charge on any atom is 0.227 e. The molecule has 0 spiro atoms. The second kappa shape index (κ2) is 5.40. The molecular weight excluding hydrogens is 272 g/mol. The first-order valence-corrected chi connectivity index (χ1v) is 7.84. The number of aryl methyl sites for hydroxylation is 2. The summed E-state index contributed by atoms with van der Waals surface area (Å²) in [4.78, 5) is 14.5. The highest BCUT2D eigenvalue weighted by atomic mass is 32.1. The van der Waals surface area contributed by atoms with Crippen molar-refractivity contribution in [3.05, 3.63) is 39.4 Å². The van der Waals surface area contributed by atoms with Crippen molar-refractivity contribution < 1.29 is 9.32 Å². The third-order valence-electron chi connectivity index (χ3n) is 3.93. The number of nitrogens with zero attached hydrogens (tertiary/aromatic N) is 2. The zero-order valence-electron chi connectivity index (χ0n) is 11.8. The highest BCUT2D eigenvalue weighted by molar-refractivity contribution is 7.07. The first-order chi connectivity index (χ1) is 9.66. The van der Waals surface area contributed by atoms with Gasteiger partial charge in [-0.15, -0.1) is 0 Å². The molecule has 4 nitrogen and oxygen atoms in total. The van der Waals surface area contributed by atoms with E-state index in [1.54, 1.807) is 11.3 Å². The van der Waals surface area contributed by atoms with Gasteiger partial charge in [-0.2, -0.15) is 11.3 Å². The molecular formula is C15H18N2O2S. The molecule has 1 unspecified atom stereocenters. The van der Waals surface area contributed by atoms with Gasteiger partial charge < -0.3 is 9.42 Å². The lowest BCUT2D eigenvalue weighted by molar-refractivity contribution is -0.131. The Balaban J connectivity index is 1.80. The molecule has 1 aliphatic rings. The van der Waals surface area contributed by atoms with Gasteiger partial charge in [0.15, 0.2) is 0 Å². The van der Waals surface area contributed by atoms with Gasteiger partial charge in [-0.3, -0.25) is 4.79 Å². The number of aromatic nitrogens is 1. The Kier molecular flexibility index (Phi) is 3.61. The van der Waals surface area contributed by atoms with E-state index in [1.165, 1.54) is 0 Å². The van der Waals surface area contributed by atoms with Gasteiger partial charge in [-0.05, 0) is 49.1 Å². The van der Waals surface area contributed by atoms with Gasteiger partial charge >= 0.3 is 0 Å². The molecule has 0 N–H and O–H groups in total. The number of amides is 1. The van der Waals surface area contributed by atoms with Crippen LogP contribution in [0, 0.1) is 13.8 Å². The van der Waals surface area contributed by atoms with Crippen LogP contribution in [0.4, 0.5) is 0 Å². The van der Waals surface area contributed by atoms with E-state index in [-0.39, 0.29) is 11.9 Å². The Labute approximate surface area is 122 Å². The Bertz CT molecular complexity index is 584. The van der Waals surface area contributed by atoms with E-state index in [2.05, 4.69) is 5.16 Å². The zero-order chi connectivity index (χ0) is 14.1. The summed E-state index contributed by atoms with van der Waals surface area (Å²) in [5, 5.41) is 8.07. The van der Waals surface area contributed by atoms with Gasteiger partial charge in [0.1, 0.15) is 5.76 Å². The maximum atomic E-state index is 12.5. The van der Waals surface area contributed by atoms with Gasteiger partial charge in [0, 0.05) is 12.1 Å². The van der Waals surface area contributed by atoms with Crippen molar-refractivity contribution in [2.45, 2.75) is 39.2 Å². The van der Waals surface area contributed by atoms with Crippen molar-refractivity contribution in [2.24, 2.45) is 0 Å². The topological polar surface area (TPSA) is 46.3 Å². The Morgan fingerprint density at radius 3 is 3.05 bits per heavy atom. The lowest BCUT2D eigenvalue weighted by atomic mass is 10.0. The SMILES string of the molecule is Cc1noc(C)c1C1CCCN1C(=O)Cc1ccsc1. The van der Waals surface area contributed by atoms with Crippen LogP contribution >= 0.6 is 11.3 Å². The smallest absolute Gasteiger partial charge is 0.227 e. The monoisotopic (exact) mass is 290 g/mol. The normalized spacial score (nSPS) is 18.7. The van der Waals surface area contributed by atoms with Crippen LogP contribution in [-0.4, -0.2) is 22.5 Å². The minimum Gasteiger partial charge on any atom is -0.361 e. The van der Waals surface area contributed by atoms with E-state index in [4.69, 9.17) is 4.52 Å². The van der Waals surface area contributed by atoms with Crippen LogP contribution in [0.2, 0.25) is 0 Å². The van der Waals surface area contributed by atoms with Crippen molar-refractivity contribution in [3.63, 3.8) is 0 Å². The van der Waals surface area contributed by atoms with Gasteiger partial charge in [0.2, 0.25) is 5.91 Å². The summed E-state index contributed by atoms with van der Waals surface area (Å²) in [6, 6.07) is 2.15. The minimum absolute atomic E-state index is 0.132. The molecule has 3 rings (SSSR count). The number of thiophene rings is 1. The Morgan fingerprint density at radius 2 is 2.40 bits per heavy atom. The molecule has 1 fully saturated rings. The van der Waals surface area contributed by atoms with Gasteiger partial charge in [0.05, 0.1) is 18.2 Å². The molecule has 0 aromatic carbocycles. The van der Waals surface area contributed by atoms with Crippen LogP contribution in [0.1, 0.15) is 41.5 Å². The summed E-state index contributed by atoms with van der Waals surface area (Å²) < 4.78 is 5.26. The first-order valence-electron chi connectivity index (χ1n) is 6.90. The highest BCUT2D eigenvalue weighted by Gasteiger charge is 2.33. The summed E-state index contributed by atoms with van der Waals surface area (Å²) in [7, 11) is 0. The first kappa shape index (κ1) is 13.4. The minimum atomic E-state index is 0.132. The van der Waals surface area contributed by atoms with Crippen molar-refractivity contribution >= 4 is 17.2 Å². The van der Waals surface area contributed by atoms with Gasteiger partial charge in [-0.25, -0.2) is 0 Å². The van der Waals surface area contributed by atoms with E-state index < -0.39 is 0 Å². The molecule has 2 aromatic rings. The fourth-order valence-corrected chi connectivity index (χ4v) is 3.67. The van der Waals surface area contributed by atoms with Crippen LogP contribution in [0.5, 0.6) is 0 Å². The lowest BCUT2D eigenvalue weighted by Crippen LogP contribution is -2.32. The molecule has 20 heavy (non-hydrogen) atoms. The van der Waals surface area contributed by atoms with Crippen molar-refractivity contribution in [3.8, 4) is 0 Å². The number of carbonyl (C=O) groups is 1. The summed E-state index contributed by atoms with van der Waals surface area (Å²) in [5.74, 6) is 1.04. The van der Waals surface area contributed by atoms with E-state index in [1.807, 2.05) is 35.6 Å². The number of hydrogen-bond donors (Lipinski definition) is 0.